The van der Waals surface area contributed by atoms with Crippen LogP contribution in [0.1, 0.15) is 106 Å². The summed E-state index contributed by atoms with van der Waals surface area (Å²) in [6.07, 6.45) is -12.5. The summed E-state index contributed by atoms with van der Waals surface area (Å²) in [7, 11) is 5.84. The largest absolute Gasteiger partial charge is 0.509 e. The highest BCUT2D eigenvalue weighted by Crippen LogP contribution is 2.42. The number of methoxy groups -OCH3 is 2. The molecular formula is C54H82N2O17. The molecule has 5 rings (SSSR count). The van der Waals surface area contributed by atoms with Crippen molar-refractivity contribution in [3.8, 4) is 0 Å². The van der Waals surface area contributed by atoms with E-state index in [0.717, 1.165) is 5.56 Å². The van der Waals surface area contributed by atoms with Crippen molar-refractivity contribution in [3.63, 3.8) is 0 Å². The predicted octanol–water partition coefficient (Wildman–Crippen LogP) is 6.94. The third kappa shape index (κ3) is 14.5. The minimum absolute atomic E-state index is 0.0311. The van der Waals surface area contributed by atoms with E-state index in [1.807, 2.05) is 50.2 Å². The van der Waals surface area contributed by atoms with Crippen molar-refractivity contribution in [1.29, 1.82) is 0 Å². The highest BCUT2D eigenvalue weighted by Gasteiger charge is 2.55. The molecule has 19 nitrogen and oxygen atoms in total. The molecule has 1 amide bonds. The number of aliphatic hydroxyl groups is 3. The highest BCUT2D eigenvalue weighted by atomic mass is 16.8. The average molecular weight is 1030 g/mol. The summed E-state index contributed by atoms with van der Waals surface area (Å²) in [5.41, 5.74) is -2.91. The van der Waals surface area contributed by atoms with Gasteiger partial charge in [0.05, 0.1) is 59.4 Å². The second kappa shape index (κ2) is 25.9. The van der Waals surface area contributed by atoms with Crippen molar-refractivity contribution in [2.24, 2.45) is 28.8 Å². The molecule has 3 N–H and O–H groups in total. The van der Waals surface area contributed by atoms with Gasteiger partial charge < -0.3 is 72.4 Å². The molecular weight excluding hydrogens is 949 g/mol. The molecule has 0 aliphatic carbocycles. The van der Waals surface area contributed by atoms with Gasteiger partial charge in [-0.3, -0.25) is 4.79 Å². The summed E-state index contributed by atoms with van der Waals surface area (Å²) in [5, 5.41) is 41.1. The number of rotatable bonds is 14. The van der Waals surface area contributed by atoms with E-state index in [4.69, 9.17) is 52.2 Å². The van der Waals surface area contributed by atoms with Gasteiger partial charge in [-0.1, -0.05) is 93.5 Å². The number of ether oxygens (including phenoxy) is 10. The minimum Gasteiger partial charge on any atom is -0.459 e. The number of aliphatic hydroxyl groups excluding tert-OH is 1. The quantitative estimate of drug-likeness (QED) is 0.0989. The van der Waals surface area contributed by atoms with E-state index < -0.39 is 126 Å². The van der Waals surface area contributed by atoms with Gasteiger partial charge in [0.1, 0.15) is 38.1 Å². The zero-order valence-corrected chi connectivity index (χ0v) is 45.1. The molecule has 2 aromatic carbocycles. The van der Waals surface area contributed by atoms with Crippen LogP contribution >= 0.6 is 0 Å². The molecule has 410 valence electrons. The molecule has 0 aromatic heterocycles. The number of cyclic esters (lactones) is 1. The molecule has 3 heterocycles. The fourth-order valence-corrected chi connectivity index (χ4v) is 10.9. The number of nitrogens with zero attached hydrogens (tertiary/aromatic N) is 2. The highest BCUT2D eigenvalue weighted by molar-refractivity contribution is 5.89. The summed E-state index contributed by atoms with van der Waals surface area (Å²) in [6.45, 7) is 16.9. The maximum Gasteiger partial charge on any atom is 0.509 e. The number of oxime groups is 1. The summed E-state index contributed by atoms with van der Waals surface area (Å²) < 4.78 is 62.4. The van der Waals surface area contributed by atoms with Gasteiger partial charge in [0.15, 0.2) is 18.7 Å². The van der Waals surface area contributed by atoms with Gasteiger partial charge in [0.2, 0.25) is 0 Å². The number of carbonyl (C=O) groups excluding carboxylic acids is 3. The maximum atomic E-state index is 14.7. The van der Waals surface area contributed by atoms with E-state index in [9.17, 15) is 29.7 Å². The Balaban J connectivity index is 1.65. The van der Waals surface area contributed by atoms with Gasteiger partial charge in [-0.15, -0.1) is 0 Å². The zero-order valence-electron chi connectivity index (χ0n) is 45.1. The SMILES string of the molecule is CC[C@H]1OC(=O)[C@H](C)[C@@H](O[C@H]2C[C@@](C)(OC)[C@@H](O)[C@H](C)O2)[C@H](C)[C@@H](O[C@@H]2O[C@H](C)C[C@H](N(C)C(=O)OCc3ccccc3)[C@H]2OC(=O)OCc2ccccc2)[C@](C)(O)C[C@@H](C)/C(=N\OC)[C@H](C)[C@@H](OC)[C@]1(C)O. The number of hydrogen-bond donors (Lipinski definition) is 3. The molecule has 0 radical (unpaired) electrons. The molecule has 0 unspecified atom stereocenters. The van der Waals surface area contributed by atoms with E-state index in [1.54, 1.807) is 79.7 Å². The maximum absolute atomic E-state index is 14.7. The first-order valence-electron chi connectivity index (χ1n) is 25.4. The van der Waals surface area contributed by atoms with Crippen molar-refractivity contribution in [3.05, 3.63) is 71.8 Å². The van der Waals surface area contributed by atoms with E-state index in [-0.39, 0.29) is 38.9 Å². The van der Waals surface area contributed by atoms with Gasteiger partial charge in [0.25, 0.3) is 0 Å². The van der Waals surface area contributed by atoms with E-state index in [2.05, 4.69) is 5.16 Å². The number of carbonyl (C=O) groups is 3. The van der Waals surface area contributed by atoms with Crippen LogP contribution in [-0.4, -0.2) is 157 Å². The van der Waals surface area contributed by atoms with Crippen LogP contribution in [0.4, 0.5) is 9.59 Å². The lowest BCUT2D eigenvalue weighted by Gasteiger charge is -2.49. The molecule has 2 aromatic rings. The second-order valence-corrected chi connectivity index (χ2v) is 20.8. The Morgan fingerprint density at radius 1 is 0.808 bits per heavy atom. The average Bonchev–Trinajstić information content (AvgIpc) is 3.35. The van der Waals surface area contributed by atoms with Crippen LogP contribution in [0.25, 0.3) is 0 Å². The summed E-state index contributed by atoms with van der Waals surface area (Å²) >= 11 is 0. The normalized spacial score (nSPS) is 38.3. The third-order valence-electron chi connectivity index (χ3n) is 15.0. The summed E-state index contributed by atoms with van der Waals surface area (Å²) in [5.74, 6) is -4.15. The van der Waals surface area contributed by atoms with Gasteiger partial charge in [0, 0.05) is 45.4 Å². The molecule has 0 bridgehead atoms. The Hall–Kier alpha value is -4.44. The summed E-state index contributed by atoms with van der Waals surface area (Å²) in [4.78, 5) is 49.3. The lowest BCUT2D eigenvalue weighted by Crippen LogP contribution is -2.62. The topological polar surface area (TPSA) is 229 Å². The standard InChI is InChI=1S/C54H82N2O17/c1-15-40-54(10,62)47(63-12)33(4)42(55-65-14)31(2)27-52(8,61)46(34(5)43(35(6)48(58)70-40)71-41-28-53(9,64-13)45(57)36(7)69-41)73-49-44(72-51(60)67-30-38-24-20-17-21-25-38)39(26-32(3)68-49)56(11)50(59)66-29-37-22-18-16-19-23-37/h16-25,31-36,39-41,43-47,49,57,61-62H,15,26-30H2,1-14H3/b55-42+/t31-,32-,33+,34+,35-,36+,39+,40-,41+,43+,44-,45+,46-,47-,49+,52-,53-,54-/m1/s1. The monoisotopic (exact) mass is 1030 g/mol. The van der Waals surface area contributed by atoms with Crippen molar-refractivity contribution in [1.82, 2.24) is 4.90 Å². The minimum atomic E-state index is -1.89. The van der Waals surface area contributed by atoms with Gasteiger partial charge in [-0.25, -0.2) is 9.59 Å². The van der Waals surface area contributed by atoms with Crippen molar-refractivity contribution >= 4 is 23.9 Å². The Bertz CT molecular complexity index is 2090. The molecule has 73 heavy (non-hydrogen) atoms. The Kier molecular flexibility index (Phi) is 21.1. The smallest absolute Gasteiger partial charge is 0.459 e. The first kappa shape index (κ1) is 59.4. The second-order valence-electron chi connectivity index (χ2n) is 20.8. The number of amides is 1. The van der Waals surface area contributed by atoms with Crippen LogP contribution in [0.2, 0.25) is 0 Å². The molecule has 19 heteroatoms. The predicted molar refractivity (Wildman–Crippen MR) is 267 cm³/mol. The molecule has 3 aliphatic heterocycles. The Labute approximate surface area is 431 Å². The fraction of sp³-hybridized carbons (Fsp3) is 0.704. The van der Waals surface area contributed by atoms with Crippen LogP contribution in [0.15, 0.2) is 65.8 Å². The van der Waals surface area contributed by atoms with E-state index in [0.29, 0.717) is 11.3 Å². The van der Waals surface area contributed by atoms with Crippen molar-refractivity contribution < 1.29 is 81.9 Å². The van der Waals surface area contributed by atoms with Gasteiger partial charge >= 0.3 is 18.2 Å². The number of hydrogen-bond acceptors (Lipinski definition) is 18. The van der Waals surface area contributed by atoms with E-state index >= 15 is 0 Å². The van der Waals surface area contributed by atoms with E-state index in [1.165, 1.54) is 33.3 Å². The number of likely N-dealkylation sites (N-methyl/N-ethyl adjacent to an activating group) is 1. The first-order valence-corrected chi connectivity index (χ1v) is 25.4. The number of benzene rings is 2. The zero-order chi connectivity index (χ0) is 54.0. The molecule has 3 aliphatic rings. The van der Waals surface area contributed by atoms with Crippen LogP contribution in [0.5, 0.6) is 0 Å². The molecule has 18 atom stereocenters. The van der Waals surface area contributed by atoms with Gasteiger partial charge in [-0.2, -0.15) is 0 Å². The third-order valence-corrected chi connectivity index (χ3v) is 15.0. The van der Waals surface area contributed by atoms with Crippen molar-refractivity contribution in [2.75, 3.05) is 28.4 Å². The molecule has 3 fully saturated rings. The van der Waals surface area contributed by atoms with Crippen LogP contribution in [0.3, 0.4) is 0 Å². The van der Waals surface area contributed by atoms with Crippen LogP contribution < -0.4 is 0 Å². The molecule has 0 spiro atoms. The molecule has 0 saturated carbocycles. The van der Waals surface area contributed by atoms with Crippen LogP contribution in [-0.2, 0) is 70.2 Å². The van der Waals surface area contributed by atoms with Gasteiger partial charge in [-0.05, 0) is 71.9 Å². The Morgan fingerprint density at radius 2 is 1.41 bits per heavy atom. The Morgan fingerprint density at radius 3 is 1.97 bits per heavy atom. The first-order chi connectivity index (χ1) is 34.4. The van der Waals surface area contributed by atoms with Crippen molar-refractivity contribution in [2.45, 2.75) is 192 Å². The summed E-state index contributed by atoms with van der Waals surface area (Å²) in [6, 6.07) is 17.3. The fourth-order valence-electron chi connectivity index (χ4n) is 10.9. The lowest BCUT2D eigenvalue weighted by atomic mass is 9.73. The lowest BCUT2D eigenvalue weighted by molar-refractivity contribution is -0.318. The number of esters is 1. The molecule has 3 saturated heterocycles. The van der Waals surface area contributed by atoms with Crippen LogP contribution in [0, 0.1) is 23.7 Å².